The van der Waals surface area contributed by atoms with Crippen molar-refractivity contribution >= 4 is 16.6 Å². The van der Waals surface area contributed by atoms with Crippen LogP contribution in [-0.4, -0.2) is 38.0 Å². The summed E-state index contributed by atoms with van der Waals surface area (Å²) in [5.41, 5.74) is 0.730. The van der Waals surface area contributed by atoms with Crippen LogP contribution in [0.25, 0.3) is 10.9 Å². The summed E-state index contributed by atoms with van der Waals surface area (Å²) in [6.45, 7) is 1.88. The van der Waals surface area contributed by atoms with Gasteiger partial charge in [-0.25, -0.2) is 0 Å². The van der Waals surface area contributed by atoms with Gasteiger partial charge in [-0.3, -0.25) is 10.1 Å². The van der Waals surface area contributed by atoms with Crippen molar-refractivity contribution in [3.63, 3.8) is 0 Å². The minimum atomic E-state index is -1.03. The van der Waals surface area contributed by atoms with Crippen LogP contribution in [0.5, 0.6) is 0 Å². The smallest absolute Gasteiger partial charge is 0.270 e. The molecule has 21 heavy (non-hydrogen) atoms. The molecule has 1 aromatic carbocycles. The first-order valence-electron chi connectivity index (χ1n) is 6.79. The Labute approximate surface area is 120 Å². The van der Waals surface area contributed by atoms with Crippen molar-refractivity contribution in [1.29, 1.82) is 0 Å². The Morgan fingerprint density at radius 3 is 2.71 bits per heavy atom. The first-order valence-corrected chi connectivity index (χ1v) is 6.79. The van der Waals surface area contributed by atoms with Gasteiger partial charge in [0.15, 0.2) is 6.23 Å². The number of aliphatic hydroxyl groups is 2. The van der Waals surface area contributed by atoms with Crippen molar-refractivity contribution in [1.82, 2.24) is 4.57 Å². The molecule has 0 radical (unpaired) electrons. The summed E-state index contributed by atoms with van der Waals surface area (Å²) in [5, 5.41) is 31.5. The van der Waals surface area contributed by atoms with E-state index in [0.717, 1.165) is 0 Å². The summed E-state index contributed by atoms with van der Waals surface area (Å²) < 4.78 is 7.39. The first-order chi connectivity index (χ1) is 10.0. The van der Waals surface area contributed by atoms with E-state index in [2.05, 4.69) is 0 Å². The molecule has 1 aliphatic heterocycles. The lowest BCUT2D eigenvalue weighted by Gasteiger charge is -2.17. The zero-order valence-corrected chi connectivity index (χ0v) is 11.4. The molecular formula is C14H16N2O5. The maximum Gasteiger partial charge on any atom is 0.270 e. The molecule has 2 N–H and O–H groups in total. The molecule has 1 unspecified atom stereocenters. The molecule has 7 heteroatoms. The summed E-state index contributed by atoms with van der Waals surface area (Å²) in [7, 11) is 0. The average Bonchev–Trinajstić information content (AvgIpc) is 3.01. The van der Waals surface area contributed by atoms with Gasteiger partial charge in [0.1, 0.15) is 12.2 Å². The molecule has 4 atom stereocenters. The number of nitrogens with zero attached hydrogens (tertiary/aromatic N) is 2. The largest absolute Gasteiger partial charge is 0.388 e. The minimum absolute atomic E-state index is 0.0135. The number of rotatable bonds is 3. The molecule has 1 aliphatic rings. The lowest BCUT2D eigenvalue weighted by Crippen LogP contribution is -2.31. The standard InChI is InChI=1S/C14H16N2O5/c1-2-11-12(17)13(18)14(21-11)15-6-5-8-7-9(16(19)20)3-4-10(8)15/h3-7,11-14,17-18H,2H2,1H3/t11-,12?,13+,14+/m1/s1. The van der Waals surface area contributed by atoms with Gasteiger partial charge in [-0.05, 0) is 18.6 Å². The maximum absolute atomic E-state index is 10.8. The normalized spacial score (nSPS) is 29.1. The lowest BCUT2D eigenvalue weighted by atomic mass is 10.1. The second-order valence-corrected chi connectivity index (χ2v) is 5.18. The molecule has 1 fully saturated rings. The monoisotopic (exact) mass is 292 g/mol. The highest BCUT2D eigenvalue weighted by atomic mass is 16.6. The third-order valence-electron chi connectivity index (χ3n) is 3.93. The van der Waals surface area contributed by atoms with E-state index in [1.807, 2.05) is 6.92 Å². The number of nitro benzene ring substituents is 1. The zero-order chi connectivity index (χ0) is 15.1. The van der Waals surface area contributed by atoms with E-state index in [4.69, 9.17) is 4.74 Å². The topological polar surface area (TPSA) is 97.8 Å². The van der Waals surface area contributed by atoms with Crippen LogP contribution in [0.4, 0.5) is 5.69 Å². The fraction of sp³-hybridized carbons (Fsp3) is 0.429. The van der Waals surface area contributed by atoms with E-state index in [0.29, 0.717) is 17.3 Å². The number of non-ortho nitro benzene ring substituents is 1. The van der Waals surface area contributed by atoms with Crippen molar-refractivity contribution in [3.8, 4) is 0 Å². The van der Waals surface area contributed by atoms with Crippen molar-refractivity contribution in [2.24, 2.45) is 0 Å². The van der Waals surface area contributed by atoms with Crippen molar-refractivity contribution in [2.45, 2.75) is 37.9 Å². The van der Waals surface area contributed by atoms with Gasteiger partial charge in [-0.1, -0.05) is 6.92 Å². The molecule has 2 heterocycles. The lowest BCUT2D eigenvalue weighted by molar-refractivity contribution is -0.384. The van der Waals surface area contributed by atoms with Gasteiger partial charge in [-0.15, -0.1) is 0 Å². The summed E-state index contributed by atoms with van der Waals surface area (Å²) >= 11 is 0. The van der Waals surface area contributed by atoms with Gasteiger partial charge in [0.05, 0.1) is 16.5 Å². The zero-order valence-electron chi connectivity index (χ0n) is 11.4. The Morgan fingerprint density at radius 2 is 2.10 bits per heavy atom. The van der Waals surface area contributed by atoms with E-state index in [9.17, 15) is 20.3 Å². The second-order valence-electron chi connectivity index (χ2n) is 5.18. The number of ether oxygens (including phenoxy) is 1. The second kappa shape index (κ2) is 5.10. The van der Waals surface area contributed by atoms with E-state index in [-0.39, 0.29) is 5.69 Å². The third-order valence-corrected chi connectivity index (χ3v) is 3.93. The van der Waals surface area contributed by atoms with Crippen LogP contribution in [0.1, 0.15) is 19.6 Å². The number of hydrogen-bond acceptors (Lipinski definition) is 5. The quantitative estimate of drug-likeness (QED) is 0.661. The van der Waals surface area contributed by atoms with Crippen LogP contribution in [0.15, 0.2) is 30.5 Å². The van der Waals surface area contributed by atoms with Gasteiger partial charge in [0.2, 0.25) is 0 Å². The summed E-state index contributed by atoms with van der Waals surface area (Å²) in [6, 6.07) is 6.23. The molecule has 1 saturated heterocycles. The van der Waals surface area contributed by atoms with E-state index >= 15 is 0 Å². The summed E-state index contributed by atoms with van der Waals surface area (Å²) in [6.07, 6.45) is -0.771. The highest BCUT2D eigenvalue weighted by Crippen LogP contribution is 2.34. The molecule has 112 valence electrons. The predicted octanol–water partition coefficient (Wildman–Crippen LogP) is 1.58. The fourth-order valence-electron chi connectivity index (χ4n) is 2.78. The Bertz CT molecular complexity index is 683. The van der Waals surface area contributed by atoms with Crippen molar-refractivity contribution in [3.05, 3.63) is 40.6 Å². The highest BCUT2D eigenvalue weighted by molar-refractivity contribution is 5.82. The molecule has 2 aromatic rings. The average molecular weight is 292 g/mol. The summed E-state index contributed by atoms with van der Waals surface area (Å²) in [4.78, 5) is 10.3. The van der Waals surface area contributed by atoms with Crippen LogP contribution >= 0.6 is 0 Å². The number of aliphatic hydroxyl groups excluding tert-OH is 2. The highest BCUT2D eigenvalue weighted by Gasteiger charge is 2.42. The van der Waals surface area contributed by atoms with E-state index in [1.54, 1.807) is 22.9 Å². The van der Waals surface area contributed by atoms with Gasteiger partial charge < -0.3 is 19.5 Å². The van der Waals surface area contributed by atoms with Gasteiger partial charge in [0, 0.05) is 23.7 Å². The Kier molecular flexibility index (Phi) is 3.40. The number of aromatic nitrogens is 1. The molecule has 7 nitrogen and oxygen atoms in total. The van der Waals surface area contributed by atoms with Crippen LogP contribution in [0, 0.1) is 10.1 Å². The Balaban J connectivity index is 2.00. The molecule has 0 aliphatic carbocycles. The van der Waals surface area contributed by atoms with Crippen LogP contribution < -0.4 is 0 Å². The van der Waals surface area contributed by atoms with Crippen LogP contribution in [0.3, 0.4) is 0 Å². The van der Waals surface area contributed by atoms with Gasteiger partial charge >= 0.3 is 0 Å². The number of fused-ring (bicyclic) bond motifs is 1. The first kappa shape index (κ1) is 14.0. The maximum atomic E-state index is 10.8. The van der Waals surface area contributed by atoms with E-state index in [1.165, 1.54) is 12.1 Å². The van der Waals surface area contributed by atoms with Crippen molar-refractivity contribution < 1.29 is 19.9 Å². The molecule has 0 amide bonds. The van der Waals surface area contributed by atoms with E-state index < -0.39 is 29.5 Å². The third kappa shape index (κ3) is 2.19. The number of hydrogen-bond donors (Lipinski definition) is 2. The Morgan fingerprint density at radius 1 is 1.33 bits per heavy atom. The number of benzene rings is 1. The molecule has 3 rings (SSSR count). The fourth-order valence-corrected chi connectivity index (χ4v) is 2.78. The SMILES string of the molecule is CC[C@H]1O[C@H](n2ccc3cc([N+](=O)[O-])ccc32)[C@@H](O)C1O. The van der Waals surface area contributed by atoms with Gasteiger partial charge in [-0.2, -0.15) is 0 Å². The molecule has 0 spiro atoms. The minimum Gasteiger partial charge on any atom is -0.388 e. The molecule has 0 bridgehead atoms. The predicted molar refractivity (Wildman–Crippen MR) is 74.8 cm³/mol. The van der Waals surface area contributed by atoms with Crippen LogP contribution in [0.2, 0.25) is 0 Å². The Hall–Kier alpha value is -1.96. The molecular weight excluding hydrogens is 276 g/mol. The summed E-state index contributed by atoms with van der Waals surface area (Å²) in [5.74, 6) is 0. The molecule has 1 aromatic heterocycles. The number of nitro groups is 1. The van der Waals surface area contributed by atoms with Crippen LogP contribution in [-0.2, 0) is 4.74 Å². The molecule has 0 saturated carbocycles. The van der Waals surface area contributed by atoms with Crippen molar-refractivity contribution in [2.75, 3.05) is 0 Å². The van der Waals surface area contributed by atoms with Gasteiger partial charge in [0.25, 0.3) is 5.69 Å².